The molecule has 0 spiro atoms. The molecule has 0 unspecified atom stereocenters. The molecule has 0 saturated carbocycles. The monoisotopic (exact) mass is 263 g/mol. The standard InChI is InChI=1S/C15H18FNO2/c1-3-4-5-11-17(2)14-8-6-7-13(16)12(14)9-10-15(18)19/h3,6-10H,1,4-5,11H2,2H3,(H,18,19)/b10-9+. The zero-order valence-electron chi connectivity index (χ0n) is 11.0. The van der Waals surface area contributed by atoms with Gasteiger partial charge in [0, 0.05) is 30.9 Å². The maximum atomic E-state index is 13.8. The number of halogens is 1. The van der Waals surface area contributed by atoms with Gasteiger partial charge in [0.25, 0.3) is 0 Å². The Kier molecular flexibility index (Phi) is 5.79. The average molecular weight is 263 g/mol. The van der Waals surface area contributed by atoms with E-state index >= 15 is 0 Å². The third-order valence-corrected chi connectivity index (χ3v) is 2.74. The molecule has 1 N–H and O–H groups in total. The predicted octanol–water partition coefficient (Wildman–Crippen LogP) is 3.33. The zero-order chi connectivity index (χ0) is 14.3. The Labute approximate surface area is 112 Å². The minimum Gasteiger partial charge on any atom is -0.478 e. The molecule has 0 amide bonds. The number of rotatable bonds is 7. The highest BCUT2D eigenvalue weighted by Crippen LogP contribution is 2.24. The molecule has 0 fully saturated rings. The maximum absolute atomic E-state index is 13.8. The molecule has 0 heterocycles. The van der Waals surface area contributed by atoms with E-state index in [1.54, 1.807) is 12.1 Å². The van der Waals surface area contributed by atoms with Gasteiger partial charge in [-0.1, -0.05) is 12.1 Å². The molecule has 102 valence electrons. The molecule has 0 saturated heterocycles. The first-order valence-electron chi connectivity index (χ1n) is 6.07. The number of nitrogens with zero attached hydrogens (tertiary/aromatic N) is 1. The number of carbonyl (C=O) groups is 1. The van der Waals surface area contributed by atoms with Crippen LogP contribution in [0.4, 0.5) is 10.1 Å². The summed E-state index contributed by atoms with van der Waals surface area (Å²) < 4.78 is 13.8. The molecule has 0 aromatic heterocycles. The summed E-state index contributed by atoms with van der Waals surface area (Å²) in [5.74, 6) is -1.52. The van der Waals surface area contributed by atoms with Crippen LogP contribution in [0.2, 0.25) is 0 Å². The summed E-state index contributed by atoms with van der Waals surface area (Å²) in [4.78, 5) is 12.5. The normalized spacial score (nSPS) is 10.6. The second-order valence-electron chi connectivity index (χ2n) is 4.20. The van der Waals surface area contributed by atoms with Gasteiger partial charge in [-0.25, -0.2) is 9.18 Å². The summed E-state index contributed by atoms with van der Waals surface area (Å²) in [7, 11) is 1.86. The highest BCUT2D eigenvalue weighted by Gasteiger charge is 2.09. The molecule has 0 aliphatic carbocycles. The molecule has 0 aliphatic rings. The minimum atomic E-state index is -1.09. The molecule has 1 aromatic rings. The van der Waals surface area contributed by atoms with Crippen molar-refractivity contribution >= 4 is 17.7 Å². The number of allylic oxidation sites excluding steroid dienone is 1. The number of unbranched alkanes of at least 4 members (excludes halogenated alkanes) is 1. The summed E-state index contributed by atoms with van der Waals surface area (Å²) in [5.41, 5.74) is 0.979. The van der Waals surface area contributed by atoms with Gasteiger partial charge in [-0.3, -0.25) is 0 Å². The minimum absolute atomic E-state index is 0.297. The van der Waals surface area contributed by atoms with E-state index in [9.17, 15) is 9.18 Å². The first-order valence-corrected chi connectivity index (χ1v) is 6.07. The van der Waals surface area contributed by atoms with Crippen molar-refractivity contribution < 1.29 is 14.3 Å². The Morgan fingerprint density at radius 3 is 2.89 bits per heavy atom. The van der Waals surface area contributed by atoms with Crippen molar-refractivity contribution in [3.05, 3.63) is 48.3 Å². The first kappa shape index (κ1) is 15.0. The number of aliphatic carboxylic acids is 1. The van der Waals surface area contributed by atoms with Gasteiger partial charge < -0.3 is 10.0 Å². The Hall–Kier alpha value is -2.10. The lowest BCUT2D eigenvalue weighted by Crippen LogP contribution is -2.19. The van der Waals surface area contributed by atoms with Crippen LogP contribution in [0.25, 0.3) is 6.08 Å². The van der Waals surface area contributed by atoms with E-state index in [4.69, 9.17) is 5.11 Å². The molecular formula is C15H18FNO2. The fourth-order valence-corrected chi connectivity index (χ4v) is 1.77. The van der Waals surface area contributed by atoms with Crippen LogP contribution in [0.3, 0.4) is 0 Å². The van der Waals surface area contributed by atoms with E-state index in [1.165, 1.54) is 12.1 Å². The largest absolute Gasteiger partial charge is 0.478 e. The quantitative estimate of drug-likeness (QED) is 0.466. The third-order valence-electron chi connectivity index (χ3n) is 2.74. The smallest absolute Gasteiger partial charge is 0.328 e. The number of hydrogen-bond donors (Lipinski definition) is 1. The summed E-state index contributed by atoms with van der Waals surface area (Å²) in [6.45, 7) is 4.41. The molecule has 0 atom stereocenters. The molecule has 1 aromatic carbocycles. The second kappa shape index (κ2) is 7.36. The average Bonchev–Trinajstić information content (AvgIpc) is 2.37. The van der Waals surface area contributed by atoms with Gasteiger partial charge in [0.2, 0.25) is 0 Å². The van der Waals surface area contributed by atoms with E-state index in [0.717, 1.165) is 25.5 Å². The van der Waals surface area contributed by atoms with Gasteiger partial charge in [-0.2, -0.15) is 0 Å². The van der Waals surface area contributed by atoms with Crippen molar-refractivity contribution in [3.8, 4) is 0 Å². The fraction of sp³-hybridized carbons (Fsp3) is 0.267. The van der Waals surface area contributed by atoms with E-state index in [1.807, 2.05) is 18.0 Å². The summed E-state index contributed by atoms with van der Waals surface area (Å²) in [6.07, 6.45) is 5.87. The zero-order valence-corrected chi connectivity index (χ0v) is 11.0. The van der Waals surface area contributed by atoms with E-state index < -0.39 is 11.8 Å². The fourth-order valence-electron chi connectivity index (χ4n) is 1.77. The van der Waals surface area contributed by atoms with Crippen LogP contribution < -0.4 is 4.90 Å². The maximum Gasteiger partial charge on any atom is 0.328 e. The first-order chi connectivity index (χ1) is 9.06. The highest BCUT2D eigenvalue weighted by atomic mass is 19.1. The van der Waals surface area contributed by atoms with Crippen molar-refractivity contribution in [1.82, 2.24) is 0 Å². The Bertz CT molecular complexity index is 483. The lowest BCUT2D eigenvalue weighted by molar-refractivity contribution is -0.131. The Morgan fingerprint density at radius 2 is 2.26 bits per heavy atom. The number of carboxylic acids is 1. The van der Waals surface area contributed by atoms with Crippen LogP contribution in [-0.2, 0) is 4.79 Å². The summed E-state index contributed by atoms with van der Waals surface area (Å²) >= 11 is 0. The van der Waals surface area contributed by atoms with Crippen molar-refractivity contribution in [2.75, 3.05) is 18.5 Å². The second-order valence-corrected chi connectivity index (χ2v) is 4.20. The van der Waals surface area contributed by atoms with Gasteiger partial charge in [0.15, 0.2) is 0 Å². The van der Waals surface area contributed by atoms with E-state index in [0.29, 0.717) is 11.3 Å². The SMILES string of the molecule is C=CCCCN(C)c1cccc(F)c1/C=C/C(=O)O. The van der Waals surface area contributed by atoms with Crippen molar-refractivity contribution in [2.24, 2.45) is 0 Å². The van der Waals surface area contributed by atoms with E-state index in [-0.39, 0.29) is 0 Å². The van der Waals surface area contributed by atoms with Gasteiger partial charge in [-0.05, 0) is 31.1 Å². The molecule has 0 bridgehead atoms. The number of hydrogen-bond acceptors (Lipinski definition) is 2. The van der Waals surface area contributed by atoms with Crippen molar-refractivity contribution in [1.29, 1.82) is 0 Å². The number of benzene rings is 1. The molecular weight excluding hydrogens is 245 g/mol. The lowest BCUT2D eigenvalue weighted by atomic mass is 10.1. The molecule has 19 heavy (non-hydrogen) atoms. The Morgan fingerprint density at radius 1 is 1.53 bits per heavy atom. The number of carboxylic acid groups (broad SMARTS) is 1. The summed E-state index contributed by atoms with van der Waals surface area (Å²) in [6, 6.07) is 4.72. The van der Waals surface area contributed by atoms with Crippen LogP contribution in [-0.4, -0.2) is 24.7 Å². The highest BCUT2D eigenvalue weighted by molar-refractivity contribution is 5.87. The van der Waals surface area contributed by atoms with Gasteiger partial charge in [0.05, 0.1) is 0 Å². The van der Waals surface area contributed by atoms with Crippen LogP contribution >= 0.6 is 0 Å². The van der Waals surface area contributed by atoms with Crippen molar-refractivity contribution in [2.45, 2.75) is 12.8 Å². The van der Waals surface area contributed by atoms with Crippen molar-refractivity contribution in [3.63, 3.8) is 0 Å². The van der Waals surface area contributed by atoms with Gasteiger partial charge in [-0.15, -0.1) is 6.58 Å². The van der Waals surface area contributed by atoms with Crippen LogP contribution in [0.1, 0.15) is 18.4 Å². The van der Waals surface area contributed by atoms with Gasteiger partial charge in [0.1, 0.15) is 5.82 Å². The molecule has 1 rings (SSSR count). The third kappa shape index (κ3) is 4.58. The molecule has 4 heteroatoms. The molecule has 0 aliphatic heterocycles. The molecule has 3 nitrogen and oxygen atoms in total. The predicted molar refractivity (Wildman–Crippen MR) is 75.8 cm³/mol. The van der Waals surface area contributed by atoms with Gasteiger partial charge >= 0.3 is 5.97 Å². The topological polar surface area (TPSA) is 40.5 Å². The molecule has 0 radical (unpaired) electrons. The van der Waals surface area contributed by atoms with Crippen LogP contribution in [0, 0.1) is 5.82 Å². The van der Waals surface area contributed by atoms with Crippen LogP contribution in [0.5, 0.6) is 0 Å². The number of anilines is 1. The van der Waals surface area contributed by atoms with E-state index in [2.05, 4.69) is 6.58 Å². The van der Waals surface area contributed by atoms with Crippen LogP contribution in [0.15, 0.2) is 36.9 Å². The summed E-state index contributed by atoms with van der Waals surface area (Å²) in [5, 5.41) is 8.63. The lowest BCUT2D eigenvalue weighted by Gasteiger charge is -2.21. The Balaban J connectivity index is 2.95.